The number of hydrogen-bond acceptors (Lipinski definition) is 4. The van der Waals surface area contributed by atoms with Gasteiger partial charge in [0.15, 0.2) is 0 Å². The van der Waals surface area contributed by atoms with Crippen LogP contribution in [0.15, 0.2) is 52.1 Å². The summed E-state index contributed by atoms with van der Waals surface area (Å²) in [6, 6.07) is 12.2. The van der Waals surface area contributed by atoms with E-state index in [1.54, 1.807) is 16.8 Å². The summed E-state index contributed by atoms with van der Waals surface area (Å²) in [5.41, 5.74) is 1.40. The molecule has 8 heteroatoms. The maximum atomic E-state index is 13.8. The third-order valence-electron chi connectivity index (χ3n) is 2.88. The Balaban J connectivity index is 1.79. The second-order valence-electron chi connectivity index (χ2n) is 4.37. The lowest BCUT2D eigenvalue weighted by molar-refractivity contribution is 0.617. The van der Waals surface area contributed by atoms with Crippen molar-refractivity contribution in [2.24, 2.45) is 0 Å². The van der Waals surface area contributed by atoms with Crippen LogP contribution in [0.1, 0.15) is 5.56 Å². The summed E-state index contributed by atoms with van der Waals surface area (Å²) in [6.07, 6.45) is 0. The number of rotatable bonds is 4. The zero-order valence-corrected chi connectivity index (χ0v) is 14.2. The van der Waals surface area contributed by atoms with Gasteiger partial charge in [-0.2, -0.15) is 4.68 Å². The van der Waals surface area contributed by atoms with Gasteiger partial charge in [-0.15, -0.1) is 5.10 Å². The minimum atomic E-state index is -0.331. The molecule has 112 valence electrons. The van der Waals surface area contributed by atoms with Crippen LogP contribution in [0, 0.1) is 5.82 Å². The predicted octanol–water partition coefficient (Wildman–Crippen LogP) is 4.51. The molecule has 3 aromatic rings. The van der Waals surface area contributed by atoms with E-state index in [1.807, 2.05) is 24.3 Å². The molecule has 0 aliphatic rings. The summed E-state index contributed by atoms with van der Waals surface area (Å²) in [4.78, 5) is 0. The van der Waals surface area contributed by atoms with Crippen molar-refractivity contribution >= 4 is 39.3 Å². The van der Waals surface area contributed by atoms with Crippen molar-refractivity contribution in [3.8, 4) is 5.69 Å². The van der Waals surface area contributed by atoms with Crippen molar-refractivity contribution in [3.63, 3.8) is 0 Å². The molecule has 0 saturated heterocycles. The van der Waals surface area contributed by atoms with Gasteiger partial charge in [-0.3, -0.25) is 0 Å². The normalized spacial score (nSPS) is 10.9. The van der Waals surface area contributed by atoms with E-state index in [4.69, 9.17) is 11.6 Å². The number of thioether (sulfide) groups is 1. The first-order valence-corrected chi connectivity index (χ1v) is 8.40. The largest absolute Gasteiger partial charge is 0.214 e. The Morgan fingerprint density at radius 3 is 2.68 bits per heavy atom. The molecule has 0 saturated carbocycles. The standard InChI is InChI=1S/C14H9BrClFN4S/c15-10-2-5-12(6-3-10)21-14(18-19-20-21)22-8-9-1-4-11(16)7-13(9)17/h1-7H,8H2. The maximum absolute atomic E-state index is 13.8. The Labute approximate surface area is 143 Å². The number of hydrogen-bond donors (Lipinski definition) is 0. The fourth-order valence-corrected chi connectivity index (χ4v) is 3.09. The fourth-order valence-electron chi connectivity index (χ4n) is 1.79. The van der Waals surface area contributed by atoms with Gasteiger partial charge < -0.3 is 0 Å². The molecule has 0 aliphatic heterocycles. The van der Waals surface area contributed by atoms with Crippen LogP contribution in [0.2, 0.25) is 5.02 Å². The van der Waals surface area contributed by atoms with E-state index in [0.717, 1.165) is 10.2 Å². The van der Waals surface area contributed by atoms with Crippen LogP contribution in [0.5, 0.6) is 0 Å². The molecule has 22 heavy (non-hydrogen) atoms. The molecule has 0 radical (unpaired) electrons. The third-order valence-corrected chi connectivity index (χ3v) is 4.62. The van der Waals surface area contributed by atoms with Crippen LogP contribution in [-0.2, 0) is 5.75 Å². The molecule has 0 atom stereocenters. The number of benzene rings is 2. The Kier molecular flexibility index (Phi) is 4.75. The van der Waals surface area contributed by atoms with E-state index in [2.05, 4.69) is 31.5 Å². The van der Waals surface area contributed by atoms with E-state index in [-0.39, 0.29) is 5.82 Å². The fraction of sp³-hybridized carbons (Fsp3) is 0.0714. The van der Waals surface area contributed by atoms with Crippen LogP contribution in [0.3, 0.4) is 0 Å². The van der Waals surface area contributed by atoms with Crippen molar-refractivity contribution in [1.82, 2.24) is 20.2 Å². The molecule has 0 spiro atoms. The summed E-state index contributed by atoms with van der Waals surface area (Å²) >= 11 is 10.5. The second-order valence-corrected chi connectivity index (χ2v) is 6.67. The van der Waals surface area contributed by atoms with Gasteiger partial charge in [-0.1, -0.05) is 45.4 Å². The Morgan fingerprint density at radius 2 is 1.95 bits per heavy atom. The number of tetrazole rings is 1. The van der Waals surface area contributed by atoms with E-state index in [9.17, 15) is 4.39 Å². The van der Waals surface area contributed by atoms with E-state index in [1.165, 1.54) is 17.8 Å². The van der Waals surface area contributed by atoms with Gasteiger partial charge in [0.2, 0.25) is 5.16 Å². The summed E-state index contributed by atoms with van der Waals surface area (Å²) in [6.45, 7) is 0. The molecule has 2 aromatic carbocycles. The molecule has 0 bridgehead atoms. The third kappa shape index (κ3) is 3.48. The molecule has 0 unspecified atom stereocenters. The second kappa shape index (κ2) is 6.76. The lowest BCUT2D eigenvalue weighted by Gasteiger charge is -2.05. The zero-order chi connectivity index (χ0) is 15.5. The van der Waals surface area contributed by atoms with Crippen molar-refractivity contribution in [3.05, 3.63) is 63.3 Å². The van der Waals surface area contributed by atoms with Crippen molar-refractivity contribution in [2.75, 3.05) is 0 Å². The minimum Gasteiger partial charge on any atom is -0.207 e. The van der Waals surface area contributed by atoms with Gasteiger partial charge in [0.05, 0.1) is 5.69 Å². The molecular weight excluding hydrogens is 391 g/mol. The Morgan fingerprint density at radius 1 is 1.18 bits per heavy atom. The summed E-state index contributed by atoms with van der Waals surface area (Å²) < 4.78 is 16.4. The summed E-state index contributed by atoms with van der Waals surface area (Å²) in [7, 11) is 0. The first kappa shape index (κ1) is 15.5. The molecule has 0 fully saturated rings. The van der Waals surface area contributed by atoms with Crippen LogP contribution in [0.25, 0.3) is 5.69 Å². The molecule has 4 nitrogen and oxygen atoms in total. The number of aromatic nitrogens is 4. The molecule has 0 N–H and O–H groups in total. The van der Waals surface area contributed by atoms with Crippen LogP contribution in [-0.4, -0.2) is 20.2 Å². The SMILES string of the molecule is Fc1cc(Cl)ccc1CSc1nnnn1-c1ccc(Br)cc1. The minimum absolute atomic E-state index is 0.331. The lowest BCUT2D eigenvalue weighted by atomic mass is 10.2. The van der Waals surface area contributed by atoms with Gasteiger partial charge in [0.1, 0.15) is 5.82 Å². The first-order valence-electron chi connectivity index (χ1n) is 6.24. The van der Waals surface area contributed by atoms with Gasteiger partial charge in [0.25, 0.3) is 0 Å². The summed E-state index contributed by atoms with van der Waals surface area (Å²) in [5.74, 6) is 0.0857. The predicted molar refractivity (Wildman–Crippen MR) is 87.8 cm³/mol. The highest BCUT2D eigenvalue weighted by atomic mass is 79.9. The van der Waals surface area contributed by atoms with E-state index < -0.39 is 0 Å². The maximum Gasteiger partial charge on any atom is 0.214 e. The van der Waals surface area contributed by atoms with Crippen LogP contribution in [0.4, 0.5) is 4.39 Å². The molecule has 1 heterocycles. The lowest BCUT2D eigenvalue weighted by Crippen LogP contribution is -1.99. The highest BCUT2D eigenvalue weighted by molar-refractivity contribution is 9.10. The Hall–Kier alpha value is -1.44. The number of nitrogens with zero attached hydrogens (tertiary/aromatic N) is 4. The monoisotopic (exact) mass is 398 g/mol. The quantitative estimate of drug-likeness (QED) is 0.606. The average Bonchev–Trinajstić information content (AvgIpc) is 2.95. The summed E-state index contributed by atoms with van der Waals surface area (Å²) in [5, 5.41) is 12.6. The topological polar surface area (TPSA) is 43.6 Å². The van der Waals surface area contributed by atoms with Crippen molar-refractivity contribution < 1.29 is 4.39 Å². The molecule has 3 rings (SSSR count). The zero-order valence-electron chi connectivity index (χ0n) is 11.1. The van der Waals surface area contributed by atoms with Gasteiger partial charge in [-0.05, 0) is 52.4 Å². The molecule has 0 aliphatic carbocycles. The van der Waals surface area contributed by atoms with Crippen molar-refractivity contribution in [2.45, 2.75) is 10.9 Å². The molecule has 0 amide bonds. The Bertz CT molecular complexity index is 794. The highest BCUT2D eigenvalue weighted by Gasteiger charge is 2.11. The number of halogens is 3. The van der Waals surface area contributed by atoms with Crippen molar-refractivity contribution in [1.29, 1.82) is 0 Å². The van der Waals surface area contributed by atoms with E-state index >= 15 is 0 Å². The van der Waals surface area contributed by atoms with Gasteiger partial charge in [0, 0.05) is 15.2 Å². The van der Waals surface area contributed by atoms with Gasteiger partial charge in [-0.25, -0.2) is 4.39 Å². The molecule has 1 aromatic heterocycles. The molecular formula is C14H9BrClFN4S. The average molecular weight is 400 g/mol. The van der Waals surface area contributed by atoms with E-state index in [0.29, 0.717) is 21.5 Å². The van der Waals surface area contributed by atoms with Crippen LogP contribution >= 0.6 is 39.3 Å². The highest BCUT2D eigenvalue weighted by Crippen LogP contribution is 2.25. The first-order chi connectivity index (χ1) is 10.6. The van der Waals surface area contributed by atoms with Crippen LogP contribution < -0.4 is 0 Å². The smallest absolute Gasteiger partial charge is 0.207 e. The van der Waals surface area contributed by atoms with Gasteiger partial charge >= 0.3 is 0 Å².